The summed E-state index contributed by atoms with van der Waals surface area (Å²) in [4.78, 5) is 42.5. The number of benzene rings is 2. The summed E-state index contributed by atoms with van der Waals surface area (Å²) in [5.41, 5.74) is 6.78. The predicted octanol–water partition coefficient (Wildman–Crippen LogP) is 3.17. The molecule has 4 aliphatic heterocycles. The molecule has 4 fully saturated rings. The minimum absolute atomic E-state index is 0.0337. The third-order valence-corrected chi connectivity index (χ3v) is 9.71. The minimum atomic E-state index is 0.0337. The number of amides is 3. The number of morpholine rings is 2. The summed E-state index contributed by atoms with van der Waals surface area (Å²) < 4.78 is 10.6. The van der Waals surface area contributed by atoms with Crippen LogP contribution in [0, 0.1) is 0 Å². The van der Waals surface area contributed by atoms with Crippen molar-refractivity contribution in [2.75, 3.05) is 75.9 Å². The van der Waals surface area contributed by atoms with Crippen molar-refractivity contribution < 1.29 is 23.9 Å². The van der Waals surface area contributed by atoms with Gasteiger partial charge in [0.15, 0.2) is 0 Å². The zero-order chi connectivity index (χ0) is 28.2. The molecule has 216 valence electrons. The molecule has 2 aliphatic carbocycles. The average molecular weight is 559 g/mol. The molecular weight excluding hydrogens is 520 g/mol. The molecule has 2 aromatic rings. The Kier molecular flexibility index (Phi) is 6.54. The number of nitrogens with one attached hydrogen (secondary N) is 1. The van der Waals surface area contributed by atoms with Crippen LogP contribution in [-0.4, -0.2) is 93.2 Å². The van der Waals surface area contributed by atoms with E-state index < -0.39 is 0 Å². The molecule has 2 saturated heterocycles. The van der Waals surface area contributed by atoms with Gasteiger partial charge in [-0.3, -0.25) is 14.4 Å². The number of hydrogen-bond donors (Lipinski definition) is 1. The molecule has 0 aromatic heterocycles. The summed E-state index contributed by atoms with van der Waals surface area (Å²) in [7, 11) is 0. The SMILES string of the molecule is CC(=O)N1CC2(CC2)c2ccc(C(=O)N3CCOCC3)cc21.O=C(c1ccc2c(c1)NCC21CC1)N1CCOCC1. The molecule has 2 saturated carbocycles. The first-order valence-corrected chi connectivity index (χ1v) is 14.9. The lowest BCUT2D eigenvalue weighted by atomic mass is 9.97. The topological polar surface area (TPSA) is 91.4 Å². The summed E-state index contributed by atoms with van der Waals surface area (Å²) in [5, 5.41) is 3.46. The molecule has 1 N–H and O–H groups in total. The number of nitrogens with zero attached hydrogens (tertiary/aromatic N) is 3. The Labute approximate surface area is 240 Å². The second-order valence-corrected chi connectivity index (χ2v) is 12.3. The van der Waals surface area contributed by atoms with E-state index in [4.69, 9.17) is 9.47 Å². The van der Waals surface area contributed by atoms with Crippen molar-refractivity contribution in [1.29, 1.82) is 0 Å². The Morgan fingerprint density at radius 2 is 1.27 bits per heavy atom. The minimum Gasteiger partial charge on any atom is -0.384 e. The van der Waals surface area contributed by atoms with Gasteiger partial charge >= 0.3 is 0 Å². The van der Waals surface area contributed by atoms with Crippen LogP contribution in [0.2, 0.25) is 0 Å². The molecule has 41 heavy (non-hydrogen) atoms. The van der Waals surface area contributed by atoms with Crippen LogP contribution in [-0.2, 0) is 25.1 Å². The zero-order valence-electron chi connectivity index (χ0n) is 23.7. The Morgan fingerprint density at radius 3 is 1.80 bits per heavy atom. The first-order valence-electron chi connectivity index (χ1n) is 14.9. The third-order valence-electron chi connectivity index (χ3n) is 9.71. The van der Waals surface area contributed by atoms with Gasteiger partial charge in [-0.05, 0) is 61.1 Å². The summed E-state index contributed by atoms with van der Waals surface area (Å²) >= 11 is 0. The summed E-state index contributed by atoms with van der Waals surface area (Å²) in [6.07, 6.45) is 4.84. The lowest BCUT2D eigenvalue weighted by Gasteiger charge is -2.27. The molecule has 2 spiro atoms. The normalized spacial score (nSPS) is 22.4. The van der Waals surface area contributed by atoms with Crippen LogP contribution in [0.3, 0.4) is 0 Å². The van der Waals surface area contributed by atoms with E-state index in [0.29, 0.717) is 63.6 Å². The van der Waals surface area contributed by atoms with Crippen LogP contribution in [0.4, 0.5) is 11.4 Å². The van der Waals surface area contributed by atoms with Gasteiger partial charge in [0.2, 0.25) is 5.91 Å². The number of fused-ring (bicyclic) bond motifs is 4. The van der Waals surface area contributed by atoms with Crippen molar-refractivity contribution in [1.82, 2.24) is 9.80 Å². The summed E-state index contributed by atoms with van der Waals surface area (Å²) in [5.74, 6) is 0.219. The van der Waals surface area contributed by atoms with Crippen molar-refractivity contribution in [3.05, 3.63) is 58.7 Å². The number of carbonyl (C=O) groups is 3. The first-order chi connectivity index (χ1) is 19.9. The van der Waals surface area contributed by atoms with E-state index in [1.54, 1.807) is 6.92 Å². The fraction of sp³-hybridized carbons (Fsp3) is 0.531. The van der Waals surface area contributed by atoms with Gasteiger partial charge in [0.1, 0.15) is 0 Å². The predicted molar refractivity (Wildman–Crippen MR) is 155 cm³/mol. The summed E-state index contributed by atoms with van der Waals surface area (Å²) in [6.45, 7) is 8.58. The Morgan fingerprint density at radius 1 is 0.732 bits per heavy atom. The molecule has 4 heterocycles. The van der Waals surface area contributed by atoms with Gasteiger partial charge in [-0.2, -0.15) is 0 Å². The van der Waals surface area contributed by atoms with E-state index >= 15 is 0 Å². The molecule has 9 nitrogen and oxygen atoms in total. The maximum Gasteiger partial charge on any atom is 0.254 e. The van der Waals surface area contributed by atoms with Crippen LogP contribution in [0.5, 0.6) is 0 Å². The molecule has 2 aromatic carbocycles. The van der Waals surface area contributed by atoms with Crippen LogP contribution in [0.15, 0.2) is 36.4 Å². The van der Waals surface area contributed by atoms with Gasteiger partial charge in [-0.25, -0.2) is 0 Å². The first kappa shape index (κ1) is 26.5. The standard InChI is InChI=1S/C17H20N2O3.C15H18N2O2/c1-12(20)19-11-17(4-5-17)14-3-2-13(10-15(14)19)16(21)18-6-8-22-9-7-18;18-14(17-5-7-19-8-6-17)11-1-2-12-13(9-11)16-10-15(12)3-4-15/h2-3,10H,4-9,11H2,1H3;1-2,9,16H,3-8,10H2. The highest BCUT2D eigenvalue weighted by Crippen LogP contribution is 2.57. The molecule has 3 amide bonds. The van der Waals surface area contributed by atoms with Gasteiger partial charge < -0.3 is 29.5 Å². The van der Waals surface area contributed by atoms with Gasteiger partial charge in [-0.1, -0.05) is 12.1 Å². The Bertz CT molecular complexity index is 1390. The van der Waals surface area contributed by atoms with Crippen molar-refractivity contribution in [3.63, 3.8) is 0 Å². The maximum atomic E-state index is 12.6. The molecule has 6 aliphatic rings. The average Bonchev–Trinajstić information content (AvgIpc) is 3.91. The number of ether oxygens (including phenoxy) is 2. The molecular formula is C32H38N4O5. The lowest BCUT2D eigenvalue weighted by Crippen LogP contribution is -2.40. The highest BCUT2D eigenvalue weighted by atomic mass is 16.5. The molecule has 0 bridgehead atoms. The highest BCUT2D eigenvalue weighted by Gasteiger charge is 2.52. The second-order valence-electron chi connectivity index (χ2n) is 12.3. The fourth-order valence-corrected chi connectivity index (χ4v) is 6.81. The van der Waals surface area contributed by atoms with Gasteiger partial charge in [0.05, 0.1) is 26.4 Å². The van der Waals surface area contributed by atoms with E-state index in [-0.39, 0.29) is 23.1 Å². The van der Waals surface area contributed by atoms with Crippen molar-refractivity contribution in [3.8, 4) is 0 Å². The van der Waals surface area contributed by atoms with E-state index in [9.17, 15) is 14.4 Å². The number of carbonyl (C=O) groups excluding carboxylic acids is 3. The molecule has 0 radical (unpaired) electrons. The molecule has 8 rings (SSSR count). The fourth-order valence-electron chi connectivity index (χ4n) is 6.81. The second kappa shape index (κ2) is 10.1. The monoisotopic (exact) mass is 558 g/mol. The Balaban J connectivity index is 0.000000136. The Hall–Kier alpha value is -3.43. The maximum absolute atomic E-state index is 12.6. The highest BCUT2D eigenvalue weighted by molar-refractivity contribution is 6.00. The largest absolute Gasteiger partial charge is 0.384 e. The van der Waals surface area contributed by atoms with E-state index in [1.165, 1.54) is 24.0 Å². The third kappa shape index (κ3) is 4.78. The van der Waals surface area contributed by atoms with Gasteiger partial charge in [0, 0.05) is 79.5 Å². The zero-order valence-corrected chi connectivity index (χ0v) is 23.7. The smallest absolute Gasteiger partial charge is 0.254 e. The quantitative estimate of drug-likeness (QED) is 0.609. The van der Waals surface area contributed by atoms with Gasteiger partial charge in [-0.15, -0.1) is 0 Å². The number of hydrogen-bond acceptors (Lipinski definition) is 6. The van der Waals surface area contributed by atoms with Crippen molar-refractivity contribution in [2.45, 2.75) is 43.4 Å². The van der Waals surface area contributed by atoms with Crippen molar-refractivity contribution in [2.24, 2.45) is 0 Å². The van der Waals surface area contributed by atoms with E-state index in [0.717, 1.165) is 42.9 Å². The van der Waals surface area contributed by atoms with Crippen LogP contribution in [0.1, 0.15) is 64.4 Å². The number of rotatable bonds is 2. The van der Waals surface area contributed by atoms with E-state index in [2.05, 4.69) is 17.4 Å². The van der Waals surface area contributed by atoms with Gasteiger partial charge in [0.25, 0.3) is 11.8 Å². The molecule has 0 unspecified atom stereocenters. The molecule has 9 heteroatoms. The van der Waals surface area contributed by atoms with Crippen LogP contribution >= 0.6 is 0 Å². The number of anilines is 2. The lowest BCUT2D eigenvalue weighted by molar-refractivity contribution is -0.116. The van der Waals surface area contributed by atoms with Crippen LogP contribution < -0.4 is 10.2 Å². The van der Waals surface area contributed by atoms with Crippen molar-refractivity contribution >= 4 is 29.1 Å². The van der Waals surface area contributed by atoms with E-state index in [1.807, 2.05) is 39.0 Å². The molecule has 0 atom stereocenters. The summed E-state index contributed by atoms with van der Waals surface area (Å²) in [6, 6.07) is 12.0. The van der Waals surface area contributed by atoms with Crippen LogP contribution in [0.25, 0.3) is 0 Å².